The molecule has 0 bridgehead atoms. The van der Waals surface area contributed by atoms with Crippen molar-refractivity contribution in [2.45, 2.75) is 6.54 Å². The standard InChI is InChI=1S/C20H18N4O4/c1-26-14-7-13(8-15(9-14)27-2)20(25)22-19-10-16(28-23-19)11-24-12-21-17-5-3-4-6-18(17)24/h3-10,12H,11H2,1-2H3,(H,22,23,25). The van der Waals surface area contributed by atoms with Crippen LogP contribution < -0.4 is 14.8 Å². The van der Waals surface area contributed by atoms with Crippen LogP contribution >= 0.6 is 0 Å². The number of rotatable bonds is 6. The van der Waals surface area contributed by atoms with Crippen molar-refractivity contribution in [1.82, 2.24) is 14.7 Å². The van der Waals surface area contributed by atoms with Gasteiger partial charge in [-0.25, -0.2) is 4.98 Å². The molecule has 0 saturated carbocycles. The molecular weight excluding hydrogens is 360 g/mol. The first-order chi connectivity index (χ1) is 13.7. The highest BCUT2D eigenvalue weighted by Gasteiger charge is 2.13. The zero-order valence-electron chi connectivity index (χ0n) is 15.4. The second-order valence-corrected chi connectivity index (χ2v) is 6.10. The number of ether oxygens (including phenoxy) is 2. The number of nitrogens with zero attached hydrogens (tertiary/aromatic N) is 3. The molecule has 0 unspecified atom stereocenters. The Morgan fingerprint density at radius 2 is 1.86 bits per heavy atom. The van der Waals surface area contributed by atoms with Gasteiger partial charge in [-0.2, -0.15) is 0 Å². The van der Waals surface area contributed by atoms with Gasteiger partial charge in [-0.15, -0.1) is 0 Å². The van der Waals surface area contributed by atoms with Gasteiger partial charge in [0.15, 0.2) is 11.6 Å². The van der Waals surface area contributed by atoms with E-state index in [0.717, 1.165) is 11.0 Å². The summed E-state index contributed by atoms with van der Waals surface area (Å²) in [5.41, 5.74) is 2.29. The van der Waals surface area contributed by atoms with Gasteiger partial charge in [-0.1, -0.05) is 17.3 Å². The molecular formula is C20H18N4O4. The fraction of sp³-hybridized carbons (Fsp3) is 0.150. The molecule has 4 aromatic rings. The Balaban J connectivity index is 1.50. The molecule has 8 heteroatoms. The summed E-state index contributed by atoms with van der Waals surface area (Å²) >= 11 is 0. The van der Waals surface area contributed by atoms with Crippen LogP contribution in [0.4, 0.5) is 5.82 Å². The lowest BCUT2D eigenvalue weighted by atomic mass is 10.2. The molecule has 0 atom stereocenters. The van der Waals surface area contributed by atoms with Gasteiger partial charge in [-0.05, 0) is 24.3 Å². The Morgan fingerprint density at radius 3 is 2.61 bits per heavy atom. The monoisotopic (exact) mass is 378 g/mol. The molecule has 4 rings (SSSR count). The molecule has 2 aromatic heterocycles. The lowest BCUT2D eigenvalue weighted by molar-refractivity contribution is 0.102. The van der Waals surface area contributed by atoms with Crippen LogP contribution in [0.2, 0.25) is 0 Å². The number of amides is 1. The van der Waals surface area contributed by atoms with Gasteiger partial charge in [0.1, 0.15) is 11.5 Å². The summed E-state index contributed by atoms with van der Waals surface area (Å²) in [6.07, 6.45) is 1.74. The third kappa shape index (κ3) is 3.52. The number of methoxy groups -OCH3 is 2. The molecule has 0 aliphatic carbocycles. The zero-order valence-corrected chi connectivity index (χ0v) is 15.4. The van der Waals surface area contributed by atoms with E-state index in [1.54, 1.807) is 30.6 Å². The highest BCUT2D eigenvalue weighted by molar-refractivity contribution is 6.04. The number of carbonyl (C=O) groups excluding carboxylic acids is 1. The van der Waals surface area contributed by atoms with E-state index >= 15 is 0 Å². The Kier molecular flexibility index (Phi) is 4.67. The highest BCUT2D eigenvalue weighted by atomic mass is 16.5. The van der Waals surface area contributed by atoms with E-state index in [9.17, 15) is 4.79 Å². The minimum Gasteiger partial charge on any atom is -0.497 e. The van der Waals surface area contributed by atoms with Crippen LogP contribution in [0.15, 0.2) is 59.4 Å². The Labute approximate surface area is 160 Å². The molecule has 2 heterocycles. The average molecular weight is 378 g/mol. The number of hydrogen-bond acceptors (Lipinski definition) is 6. The van der Waals surface area contributed by atoms with Gasteiger partial charge in [0.05, 0.1) is 38.1 Å². The zero-order chi connectivity index (χ0) is 19.5. The van der Waals surface area contributed by atoms with E-state index in [2.05, 4.69) is 15.5 Å². The van der Waals surface area contributed by atoms with Crippen molar-refractivity contribution in [2.75, 3.05) is 19.5 Å². The molecule has 0 aliphatic rings. The third-order valence-corrected chi connectivity index (χ3v) is 4.27. The summed E-state index contributed by atoms with van der Waals surface area (Å²) in [4.78, 5) is 16.9. The van der Waals surface area contributed by atoms with Crippen LogP contribution in [0, 0.1) is 0 Å². The molecule has 142 valence electrons. The fourth-order valence-corrected chi connectivity index (χ4v) is 2.88. The van der Waals surface area contributed by atoms with Crippen molar-refractivity contribution in [1.29, 1.82) is 0 Å². The van der Waals surface area contributed by atoms with Crippen molar-refractivity contribution in [2.24, 2.45) is 0 Å². The van der Waals surface area contributed by atoms with E-state index in [-0.39, 0.29) is 5.91 Å². The number of anilines is 1. The number of benzene rings is 2. The smallest absolute Gasteiger partial charge is 0.257 e. The predicted molar refractivity (Wildman–Crippen MR) is 103 cm³/mol. The van der Waals surface area contributed by atoms with Gasteiger partial charge in [0.25, 0.3) is 5.91 Å². The van der Waals surface area contributed by atoms with Crippen molar-refractivity contribution in [3.63, 3.8) is 0 Å². The molecule has 0 spiro atoms. The number of para-hydroxylation sites is 2. The first-order valence-electron chi connectivity index (χ1n) is 8.56. The summed E-state index contributed by atoms with van der Waals surface area (Å²) in [5, 5.41) is 6.64. The second kappa shape index (κ2) is 7.43. The first-order valence-corrected chi connectivity index (χ1v) is 8.56. The molecule has 8 nitrogen and oxygen atoms in total. The van der Waals surface area contributed by atoms with E-state index < -0.39 is 0 Å². The van der Waals surface area contributed by atoms with Gasteiger partial charge >= 0.3 is 0 Å². The van der Waals surface area contributed by atoms with E-state index in [0.29, 0.717) is 35.2 Å². The number of nitrogens with one attached hydrogen (secondary N) is 1. The SMILES string of the molecule is COc1cc(OC)cc(C(=O)Nc2cc(Cn3cnc4ccccc43)on2)c1. The van der Waals surface area contributed by atoms with Gasteiger partial charge in [-0.3, -0.25) is 4.79 Å². The molecule has 0 aliphatic heterocycles. The maximum atomic E-state index is 12.5. The van der Waals surface area contributed by atoms with E-state index in [1.165, 1.54) is 14.2 Å². The van der Waals surface area contributed by atoms with Crippen LogP contribution in [0.1, 0.15) is 16.1 Å². The van der Waals surface area contributed by atoms with Crippen LogP contribution in [-0.4, -0.2) is 34.8 Å². The number of hydrogen-bond donors (Lipinski definition) is 1. The van der Waals surface area contributed by atoms with Gasteiger partial charge < -0.3 is 23.9 Å². The Bertz CT molecular complexity index is 1110. The molecule has 28 heavy (non-hydrogen) atoms. The quantitative estimate of drug-likeness (QED) is 0.553. The Hall–Kier alpha value is -3.81. The minimum absolute atomic E-state index is 0.325. The maximum Gasteiger partial charge on any atom is 0.257 e. The predicted octanol–water partition coefficient (Wildman–Crippen LogP) is 3.34. The Morgan fingerprint density at radius 1 is 1.11 bits per heavy atom. The summed E-state index contributed by atoms with van der Waals surface area (Å²) in [6.45, 7) is 0.455. The lowest BCUT2D eigenvalue weighted by Crippen LogP contribution is -2.12. The number of aromatic nitrogens is 3. The third-order valence-electron chi connectivity index (χ3n) is 4.27. The highest BCUT2D eigenvalue weighted by Crippen LogP contribution is 2.23. The topological polar surface area (TPSA) is 91.4 Å². The minimum atomic E-state index is -0.342. The molecule has 0 fully saturated rings. The van der Waals surface area contributed by atoms with Gasteiger partial charge in [0, 0.05) is 17.7 Å². The second-order valence-electron chi connectivity index (χ2n) is 6.10. The number of imidazole rings is 1. The largest absolute Gasteiger partial charge is 0.497 e. The van der Waals surface area contributed by atoms with Crippen molar-refractivity contribution in [3.05, 3.63) is 66.2 Å². The lowest BCUT2D eigenvalue weighted by Gasteiger charge is -2.07. The van der Waals surface area contributed by atoms with Crippen LogP contribution in [0.25, 0.3) is 11.0 Å². The van der Waals surface area contributed by atoms with Gasteiger partial charge in [0.2, 0.25) is 0 Å². The normalized spacial score (nSPS) is 10.8. The van der Waals surface area contributed by atoms with Crippen molar-refractivity contribution < 1.29 is 18.8 Å². The van der Waals surface area contributed by atoms with Crippen LogP contribution in [0.5, 0.6) is 11.5 Å². The van der Waals surface area contributed by atoms with Crippen molar-refractivity contribution >= 4 is 22.8 Å². The maximum absolute atomic E-state index is 12.5. The van der Waals surface area contributed by atoms with E-state index in [1.807, 2.05) is 28.8 Å². The molecule has 0 radical (unpaired) electrons. The summed E-state index contributed by atoms with van der Waals surface area (Å²) < 4.78 is 17.7. The summed E-state index contributed by atoms with van der Waals surface area (Å²) in [7, 11) is 3.06. The fourth-order valence-electron chi connectivity index (χ4n) is 2.88. The number of fused-ring (bicyclic) bond motifs is 1. The van der Waals surface area contributed by atoms with E-state index in [4.69, 9.17) is 14.0 Å². The first kappa shape index (κ1) is 17.6. The van der Waals surface area contributed by atoms with Crippen molar-refractivity contribution in [3.8, 4) is 11.5 Å². The number of carbonyl (C=O) groups is 1. The molecule has 1 amide bonds. The summed E-state index contributed by atoms with van der Waals surface area (Å²) in [5.74, 6) is 1.63. The molecule has 1 N–H and O–H groups in total. The average Bonchev–Trinajstić information content (AvgIpc) is 3.35. The molecule has 0 saturated heterocycles. The molecule has 2 aromatic carbocycles. The van der Waals surface area contributed by atoms with Crippen LogP contribution in [-0.2, 0) is 6.54 Å². The summed E-state index contributed by atoms with van der Waals surface area (Å²) in [6, 6.07) is 14.4. The van der Waals surface area contributed by atoms with Crippen LogP contribution in [0.3, 0.4) is 0 Å².